The van der Waals surface area contributed by atoms with E-state index >= 15 is 0 Å². The predicted octanol–water partition coefficient (Wildman–Crippen LogP) is 4.55. The van der Waals surface area contributed by atoms with Gasteiger partial charge in [-0.05, 0) is 37.6 Å². The molecule has 3 rings (SSSR count). The Labute approximate surface area is 105 Å². The zero-order chi connectivity index (χ0) is 12.0. The van der Waals surface area contributed by atoms with Gasteiger partial charge in [-0.2, -0.15) is 0 Å². The lowest BCUT2D eigenvalue weighted by Gasteiger charge is -2.08. The van der Waals surface area contributed by atoms with E-state index < -0.39 is 0 Å². The molecule has 0 fully saturated rings. The summed E-state index contributed by atoms with van der Waals surface area (Å²) in [6.07, 6.45) is 0. The molecule has 0 spiro atoms. The van der Waals surface area contributed by atoms with Crippen LogP contribution in [0.3, 0.4) is 0 Å². The maximum Gasteiger partial charge on any atom is 0.190 e. The largest absolute Gasteiger partial charge is 0.444 e. The molecule has 3 heteroatoms. The molecule has 1 aliphatic heterocycles. The average Bonchev–Trinajstić information content (AvgIpc) is 2.58. The van der Waals surface area contributed by atoms with Gasteiger partial charge < -0.3 is 10.1 Å². The van der Waals surface area contributed by atoms with Crippen LogP contribution in [0.5, 0.6) is 10.8 Å². The van der Waals surface area contributed by atoms with Gasteiger partial charge in [-0.3, -0.25) is 0 Å². The van der Waals surface area contributed by atoms with Gasteiger partial charge in [0.1, 0.15) is 0 Å². The number of aryl methyl sites for hydroxylation is 2. The first kappa shape index (κ1) is 10.4. The molecule has 0 saturated carbocycles. The van der Waals surface area contributed by atoms with E-state index in [0.29, 0.717) is 0 Å². The van der Waals surface area contributed by atoms with Crippen LogP contribution in [0.25, 0.3) is 5.70 Å². The second-order valence-electron chi connectivity index (χ2n) is 4.26. The lowest BCUT2D eigenvalue weighted by Crippen LogP contribution is -1.94. The van der Waals surface area contributed by atoms with Crippen molar-refractivity contribution >= 4 is 22.7 Å². The van der Waals surface area contributed by atoms with E-state index in [4.69, 9.17) is 4.74 Å². The quantitative estimate of drug-likeness (QED) is 0.732. The minimum absolute atomic E-state index is 0.867. The molecule has 0 saturated heterocycles. The molecule has 2 aromatic rings. The fourth-order valence-corrected chi connectivity index (χ4v) is 2.82. The fourth-order valence-electron chi connectivity index (χ4n) is 1.93. The molecule has 0 atom stereocenters. The van der Waals surface area contributed by atoms with Crippen LogP contribution in [0.2, 0.25) is 0 Å². The fraction of sp³-hybridized carbons (Fsp3) is 0.143. The van der Waals surface area contributed by atoms with Crippen molar-refractivity contribution in [2.45, 2.75) is 13.8 Å². The highest BCUT2D eigenvalue weighted by atomic mass is 32.1. The average molecular weight is 243 g/mol. The highest BCUT2D eigenvalue weighted by molar-refractivity contribution is 7.14. The Morgan fingerprint density at radius 1 is 1.24 bits per heavy atom. The molecule has 0 aliphatic carbocycles. The number of nitrogens with one attached hydrogen (secondary N) is 1. The number of hydrogen-bond acceptors (Lipinski definition) is 3. The van der Waals surface area contributed by atoms with Gasteiger partial charge in [0.15, 0.2) is 10.8 Å². The Morgan fingerprint density at radius 3 is 2.88 bits per heavy atom. The standard InChI is InChI=1S/C14H13NOS/c1-8-4-5-12-13(6-8)16-14-11(10(3)15-12)7-9(2)17-14/h4-7,15H,3H2,1-2H3. The van der Waals surface area contributed by atoms with Crippen molar-refractivity contribution in [2.75, 3.05) is 5.32 Å². The number of thiophene rings is 1. The van der Waals surface area contributed by atoms with Crippen molar-refractivity contribution in [1.82, 2.24) is 0 Å². The van der Waals surface area contributed by atoms with Crippen LogP contribution in [0.15, 0.2) is 30.8 Å². The SMILES string of the molecule is C=C1Nc2ccc(C)cc2Oc2sc(C)cc21. The molecule has 1 aromatic carbocycles. The van der Waals surface area contributed by atoms with E-state index in [-0.39, 0.29) is 0 Å². The Bertz CT molecular complexity index is 613. The van der Waals surface area contributed by atoms with Crippen LogP contribution in [0.1, 0.15) is 16.0 Å². The summed E-state index contributed by atoms with van der Waals surface area (Å²) in [5, 5.41) is 4.23. The van der Waals surface area contributed by atoms with Gasteiger partial charge in [0.25, 0.3) is 0 Å². The van der Waals surface area contributed by atoms with Gasteiger partial charge in [-0.25, -0.2) is 0 Å². The lowest BCUT2D eigenvalue weighted by atomic mass is 10.2. The van der Waals surface area contributed by atoms with Crippen LogP contribution in [-0.2, 0) is 0 Å². The number of anilines is 1. The maximum absolute atomic E-state index is 5.97. The van der Waals surface area contributed by atoms with Gasteiger partial charge >= 0.3 is 0 Å². The Balaban J connectivity index is 2.16. The van der Waals surface area contributed by atoms with Gasteiger partial charge in [-0.1, -0.05) is 12.6 Å². The zero-order valence-corrected chi connectivity index (χ0v) is 10.6. The minimum atomic E-state index is 0.867. The number of fused-ring (bicyclic) bond motifs is 2. The zero-order valence-electron chi connectivity index (χ0n) is 9.83. The first-order valence-electron chi connectivity index (χ1n) is 5.49. The van der Waals surface area contributed by atoms with Crippen LogP contribution in [0, 0.1) is 13.8 Å². The highest BCUT2D eigenvalue weighted by Gasteiger charge is 2.19. The molecule has 86 valence electrons. The summed E-state index contributed by atoms with van der Waals surface area (Å²) in [5.74, 6) is 0.867. The molecular formula is C14H13NOS. The van der Waals surface area contributed by atoms with Gasteiger partial charge in [-0.15, -0.1) is 11.3 Å². The smallest absolute Gasteiger partial charge is 0.190 e. The second-order valence-corrected chi connectivity index (χ2v) is 5.48. The van der Waals surface area contributed by atoms with Crippen LogP contribution in [-0.4, -0.2) is 0 Å². The second kappa shape index (κ2) is 3.64. The molecule has 17 heavy (non-hydrogen) atoms. The highest BCUT2D eigenvalue weighted by Crippen LogP contribution is 2.43. The molecule has 1 N–H and O–H groups in total. The Morgan fingerprint density at radius 2 is 2.06 bits per heavy atom. The molecule has 1 aliphatic rings. The van der Waals surface area contributed by atoms with Crippen LogP contribution < -0.4 is 10.1 Å². The summed E-state index contributed by atoms with van der Waals surface area (Å²) in [6, 6.07) is 8.24. The maximum atomic E-state index is 5.97. The summed E-state index contributed by atoms with van der Waals surface area (Å²) in [5.41, 5.74) is 4.11. The van der Waals surface area contributed by atoms with Crippen molar-refractivity contribution < 1.29 is 4.74 Å². The third-order valence-corrected chi connectivity index (χ3v) is 3.70. The van der Waals surface area contributed by atoms with E-state index in [0.717, 1.165) is 27.8 Å². The van der Waals surface area contributed by atoms with E-state index in [9.17, 15) is 0 Å². The van der Waals surface area contributed by atoms with Crippen molar-refractivity contribution in [3.63, 3.8) is 0 Å². The van der Waals surface area contributed by atoms with Crippen molar-refractivity contribution in [2.24, 2.45) is 0 Å². The molecular weight excluding hydrogens is 230 g/mol. The van der Waals surface area contributed by atoms with Crippen molar-refractivity contribution in [3.8, 4) is 10.8 Å². The minimum Gasteiger partial charge on any atom is -0.444 e. The molecule has 1 aromatic heterocycles. The summed E-state index contributed by atoms with van der Waals surface area (Å²) in [4.78, 5) is 1.23. The first-order valence-corrected chi connectivity index (χ1v) is 6.30. The summed E-state index contributed by atoms with van der Waals surface area (Å²) in [6.45, 7) is 8.20. The Hall–Kier alpha value is -1.74. The molecule has 2 heterocycles. The van der Waals surface area contributed by atoms with Crippen LogP contribution in [0.4, 0.5) is 5.69 Å². The molecule has 0 amide bonds. The number of benzene rings is 1. The number of ether oxygens (including phenoxy) is 1. The van der Waals surface area contributed by atoms with E-state index in [1.807, 2.05) is 12.1 Å². The lowest BCUT2D eigenvalue weighted by molar-refractivity contribution is 0.499. The Kier molecular flexibility index (Phi) is 2.23. The van der Waals surface area contributed by atoms with Gasteiger partial charge in [0.05, 0.1) is 11.3 Å². The van der Waals surface area contributed by atoms with Gasteiger partial charge in [0, 0.05) is 10.6 Å². The third kappa shape index (κ3) is 1.72. The first-order chi connectivity index (χ1) is 8.13. The van der Waals surface area contributed by atoms with E-state index in [1.165, 1.54) is 10.4 Å². The normalized spacial score (nSPS) is 13.2. The van der Waals surface area contributed by atoms with E-state index in [2.05, 4.69) is 37.9 Å². The number of hydrogen-bond donors (Lipinski definition) is 1. The summed E-state index contributed by atoms with van der Waals surface area (Å²) < 4.78 is 5.97. The number of rotatable bonds is 0. The summed E-state index contributed by atoms with van der Waals surface area (Å²) in [7, 11) is 0. The molecule has 0 radical (unpaired) electrons. The van der Waals surface area contributed by atoms with E-state index in [1.54, 1.807) is 11.3 Å². The predicted molar refractivity (Wildman–Crippen MR) is 73.0 cm³/mol. The molecule has 0 bridgehead atoms. The third-order valence-electron chi connectivity index (χ3n) is 2.77. The van der Waals surface area contributed by atoms with Crippen molar-refractivity contribution in [1.29, 1.82) is 0 Å². The van der Waals surface area contributed by atoms with Crippen molar-refractivity contribution in [3.05, 3.63) is 46.8 Å². The molecule has 0 unspecified atom stereocenters. The molecule has 2 nitrogen and oxygen atoms in total. The topological polar surface area (TPSA) is 21.3 Å². The monoisotopic (exact) mass is 243 g/mol. The van der Waals surface area contributed by atoms with Gasteiger partial charge in [0.2, 0.25) is 0 Å². The van der Waals surface area contributed by atoms with Crippen LogP contribution >= 0.6 is 11.3 Å². The summed E-state index contributed by atoms with van der Waals surface area (Å²) >= 11 is 1.65.